The summed E-state index contributed by atoms with van der Waals surface area (Å²) in [6.45, 7) is 1.87. The molecule has 0 radical (unpaired) electrons. The Morgan fingerprint density at radius 3 is 2.89 bits per heavy atom. The van der Waals surface area contributed by atoms with Crippen molar-refractivity contribution in [3.63, 3.8) is 0 Å². The van der Waals surface area contributed by atoms with Crippen LogP contribution in [0.2, 0.25) is 0 Å². The summed E-state index contributed by atoms with van der Waals surface area (Å²) in [5, 5.41) is 12.7. The minimum Gasteiger partial charge on any atom is -0.391 e. The van der Waals surface area contributed by atoms with Crippen molar-refractivity contribution in [1.29, 1.82) is 0 Å². The SMILES string of the molecule is Cc1ncc(C(=O)N[C@H]2CCCC[C@@H]2O)cc1Br. The maximum Gasteiger partial charge on any atom is 0.253 e. The summed E-state index contributed by atoms with van der Waals surface area (Å²) >= 11 is 3.36. The second-order valence-electron chi connectivity index (χ2n) is 4.72. The van der Waals surface area contributed by atoms with E-state index in [1.165, 1.54) is 0 Å². The lowest BCUT2D eigenvalue weighted by Gasteiger charge is -2.28. The summed E-state index contributed by atoms with van der Waals surface area (Å²) in [5.41, 5.74) is 1.37. The smallest absolute Gasteiger partial charge is 0.253 e. The van der Waals surface area contributed by atoms with Crippen LogP contribution in [-0.4, -0.2) is 28.1 Å². The van der Waals surface area contributed by atoms with Gasteiger partial charge in [-0.25, -0.2) is 0 Å². The van der Waals surface area contributed by atoms with Crippen molar-refractivity contribution < 1.29 is 9.90 Å². The van der Waals surface area contributed by atoms with Crippen molar-refractivity contribution >= 4 is 21.8 Å². The van der Waals surface area contributed by atoms with Crippen LogP contribution in [0.5, 0.6) is 0 Å². The molecule has 1 fully saturated rings. The van der Waals surface area contributed by atoms with E-state index in [0.29, 0.717) is 5.56 Å². The van der Waals surface area contributed by atoms with Crippen LogP contribution in [0.3, 0.4) is 0 Å². The maximum absolute atomic E-state index is 12.0. The molecule has 1 saturated carbocycles. The predicted octanol–water partition coefficient (Wildman–Crippen LogP) is 2.19. The zero-order chi connectivity index (χ0) is 13.1. The highest BCUT2D eigenvalue weighted by Gasteiger charge is 2.24. The second kappa shape index (κ2) is 5.80. The Hall–Kier alpha value is -0.940. The van der Waals surface area contributed by atoms with E-state index >= 15 is 0 Å². The van der Waals surface area contributed by atoms with Crippen molar-refractivity contribution in [2.45, 2.75) is 44.8 Å². The van der Waals surface area contributed by atoms with Crippen molar-refractivity contribution in [2.75, 3.05) is 0 Å². The first kappa shape index (κ1) is 13.5. The Labute approximate surface area is 115 Å². The number of pyridine rings is 1. The topological polar surface area (TPSA) is 62.2 Å². The van der Waals surface area contributed by atoms with Crippen LogP contribution in [0, 0.1) is 6.92 Å². The number of carbonyl (C=O) groups is 1. The number of halogens is 1. The molecule has 1 aliphatic carbocycles. The van der Waals surface area contributed by atoms with Crippen molar-refractivity contribution in [1.82, 2.24) is 10.3 Å². The van der Waals surface area contributed by atoms with Gasteiger partial charge < -0.3 is 10.4 Å². The Bertz CT molecular complexity index is 451. The lowest BCUT2D eigenvalue weighted by Crippen LogP contribution is -2.45. The monoisotopic (exact) mass is 312 g/mol. The third kappa shape index (κ3) is 3.09. The minimum atomic E-state index is -0.426. The lowest BCUT2D eigenvalue weighted by molar-refractivity contribution is 0.0717. The number of hydrogen-bond donors (Lipinski definition) is 2. The molecular weight excluding hydrogens is 296 g/mol. The predicted molar refractivity (Wildman–Crippen MR) is 72.4 cm³/mol. The summed E-state index contributed by atoms with van der Waals surface area (Å²) in [6.07, 6.45) is 4.83. The molecule has 0 saturated heterocycles. The number of aliphatic hydroxyl groups excluding tert-OH is 1. The molecule has 5 heteroatoms. The van der Waals surface area contributed by atoms with Crippen LogP contribution in [-0.2, 0) is 0 Å². The summed E-state index contributed by atoms with van der Waals surface area (Å²) in [4.78, 5) is 16.2. The lowest BCUT2D eigenvalue weighted by atomic mass is 9.92. The first-order chi connectivity index (χ1) is 8.58. The van der Waals surface area contributed by atoms with Gasteiger partial charge in [0, 0.05) is 10.7 Å². The maximum atomic E-state index is 12.0. The second-order valence-corrected chi connectivity index (χ2v) is 5.58. The van der Waals surface area contributed by atoms with Crippen molar-refractivity contribution in [3.8, 4) is 0 Å². The normalized spacial score (nSPS) is 23.7. The molecule has 18 heavy (non-hydrogen) atoms. The average molecular weight is 313 g/mol. The molecule has 2 rings (SSSR count). The summed E-state index contributed by atoms with van der Waals surface area (Å²) < 4.78 is 0.819. The molecule has 98 valence electrons. The van der Waals surface area contributed by atoms with Crippen molar-refractivity contribution in [3.05, 3.63) is 28.0 Å². The largest absolute Gasteiger partial charge is 0.391 e. The highest BCUT2D eigenvalue weighted by molar-refractivity contribution is 9.10. The molecule has 1 aliphatic rings. The molecular formula is C13H17BrN2O2. The van der Waals surface area contributed by atoms with Gasteiger partial charge in [-0.1, -0.05) is 12.8 Å². The first-order valence-corrected chi connectivity index (χ1v) is 6.98. The van der Waals surface area contributed by atoms with Gasteiger partial charge >= 0.3 is 0 Å². The zero-order valence-electron chi connectivity index (χ0n) is 10.3. The van der Waals surface area contributed by atoms with Gasteiger partial charge in [0.25, 0.3) is 5.91 Å². The fourth-order valence-electron chi connectivity index (χ4n) is 2.16. The molecule has 0 unspecified atom stereocenters. The zero-order valence-corrected chi connectivity index (χ0v) is 11.9. The molecule has 1 aromatic heterocycles. The first-order valence-electron chi connectivity index (χ1n) is 6.19. The number of rotatable bonds is 2. The van der Waals surface area contributed by atoms with E-state index in [2.05, 4.69) is 26.2 Å². The van der Waals surface area contributed by atoms with Crippen LogP contribution < -0.4 is 5.32 Å². The summed E-state index contributed by atoms with van der Waals surface area (Å²) in [5.74, 6) is -0.172. The molecule has 0 spiro atoms. The van der Waals surface area contributed by atoms with Gasteiger partial charge in [0.15, 0.2) is 0 Å². The van der Waals surface area contributed by atoms with E-state index in [1.54, 1.807) is 12.3 Å². The van der Waals surface area contributed by atoms with Crippen LogP contribution in [0.4, 0.5) is 0 Å². The highest BCUT2D eigenvalue weighted by atomic mass is 79.9. The number of nitrogens with one attached hydrogen (secondary N) is 1. The Balaban J connectivity index is 2.04. The number of aromatic nitrogens is 1. The van der Waals surface area contributed by atoms with Gasteiger partial charge in [0.2, 0.25) is 0 Å². The van der Waals surface area contributed by atoms with Gasteiger partial charge in [-0.3, -0.25) is 9.78 Å². The highest BCUT2D eigenvalue weighted by Crippen LogP contribution is 2.19. The fourth-order valence-corrected chi connectivity index (χ4v) is 2.51. The van der Waals surface area contributed by atoms with Gasteiger partial charge in [-0.2, -0.15) is 0 Å². The number of aryl methyl sites for hydroxylation is 1. The molecule has 2 N–H and O–H groups in total. The van der Waals surface area contributed by atoms with E-state index in [9.17, 15) is 9.90 Å². The van der Waals surface area contributed by atoms with Crippen molar-refractivity contribution in [2.24, 2.45) is 0 Å². The average Bonchev–Trinajstić information content (AvgIpc) is 2.35. The van der Waals surface area contributed by atoms with E-state index in [4.69, 9.17) is 0 Å². The van der Waals surface area contributed by atoms with E-state index in [1.807, 2.05) is 6.92 Å². The summed E-state index contributed by atoms with van der Waals surface area (Å²) in [6, 6.07) is 1.62. The molecule has 1 aromatic rings. The standard InChI is InChI=1S/C13H17BrN2O2/c1-8-10(14)6-9(7-15-8)13(18)16-11-4-2-3-5-12(11)17/h6-7,11-12,17H,2-5H2,1H3,(H,16,18)/t11-,12-/m0/s1. The van der Waals surface area contributed by atoms with Gasteiger partial charge in [0.05, 0.1) is 23.4 Å². The minimum absolute atomic E-state index is 0.133. The van der Waals surface area contributed by atoms with E-state index in [0.717, 1.165) is 35.8 Å². The molecule has 0 aliphatic heterocycles. The van der Waals surface area contributed by atoms with E-state index in [-0.39, 0.29) is 11.9 Å². The number of amides is 1. The Kier molecular flexibility index (Phi) is 4.35. The number of carbonyl (C=O) groups excluding carboxylic acids is 1. The quantitative estimate of drug-likeness (QED) is 0.880. The number of aliphatic hydroxyl groups is 1. The molecule has 0 bridgehead atoms. The third-order valence-electron chi connectivity index (χ3n) is 3.33. The Morgan fingerprint density at radius 2 is 2.22 bits per heavy atom. The van der Waals surface area contributed by atoms with Gasteiger partial charge in [-0.05, 0) is 41.8 Å². The van der Waals surface area contributed by atoms with Crippen LogP contribution in [0.1, 0.15) is 41.7 Å². The molecule has 2 atom stereocenters. The molecule has 1 heterocycles. The molecule has 1 amide bonds. The van der Waals surface area contributed by atoms with Crippen LogP contribution in [0.25, 0.3) is 0 Å². The Morgan fingerprint density at radius 1 is 1.50 bits per heavy atom. The van der Waals surface area contributed by atoms with Crippen LogP contribution in [0.15, 0.2) is 16.7 Å². The number of hydrogen-bond acceptors (Lipinski definition) is 3. The number of nitrogens with zero attached hydrogens (tertiary/aromatic N) is 1. The van der Waals surface area contributed by atoms with Gasteiger partial charge in [-0.15, -0.1) is 0 Å². The van der Waals surface area contributed by atoms with E-state index < -0.39 is 6.10 Å². The summed E-state index contributed by atoms with van der Waals surface area (Å²) in [7, 11) is 0. The van der Waals surface area contributed by atoms with Crippen LogP contribution >= 0.6 is 15.9 Å². The third-order valence-corrected chi connectivity index (χ3v) is 4.14. The fraction of sp³-hybridized carbons (Fsp3) is 0.538. The molecule has 0 aromatic carbocycles. The molecule has 4 nitrogen and oxygen atoms in total. The van der Waals surface area contributed by atoms with Gasteiger partial charge in [0.1, 0.15) is 0 Å².